The van der Waals surface area contributed by atoms with Crippen molar-refractivity contribution in [3.8, 4) is 5.75 Å². The van der Waals surface area contributed by atoms with Gasteiger partial charge in [-0.25, -0.2) is 14.8 Å². The molecule has 19 heteroatoms. The zero-order valence-corrected chi connectivity index (χ0v) is 25.8. The number of fused-ring (bicyclic) bond motifs is 1. The lowest BCUT2D eigenvalue weighted by Gasteiger charge is -2.50. The lowest BCUT2D eigenvalue weighted by Crippen LogP contribution is -2.68. The first kappa shape index (κ1) is 31.5. The number of hydrogen-bond acceptors (Lipinski definition) is 15. The molecule has 0 unspecified atom stereocenters. The summed E-state index contributed by atoms with van der Waals surface area (Å²) in [6.45, 7) is 2.39. The molecular formula is C25H28N6O10S3. The standard InChI is InChI=1S/C25H28N6O10S3/c1-25(2)14(21(33)31(25)41-44(36,37)38)9-17(32)20(16-11-42-23(26)28-16)30-40-18(22(34)35)10-39-13-6-7-15-19(8-13)43-24(29-15)27-12-4-3-5-12/h6-8,11-12,14,18H,3-5,9-10H2,1-2H3,(H2,26,28)(H,27,29)(H,34,35)(H,36,37,38)/b30-20-/t14-,18+/m1/s1. The quantitative estimate of drug-likeness (QED) is 0.0837. The Morgan fingerprint density at radius 2 is 2.05 bits per heavy atom. The highest BCUT2D eigenvalue weighted by Gasteiger charge is 2.57. The van der Waals surface area contributed by atoms with Gasteiger partial charge in [0.05, 0.1) is 21.7 Å². The average molecular weight is 669 g/mol. The van der Waals surface area contributed by atoms with Crippen LogP contribution in [0.3, 0.4) is 0 Å². The van der Waals surface area contributed by atoms with Gasteiger partial charge < -0.3 is 25.7 Å². The molecule has 1 saturated heterocycles. The van der Waals surface area contributed by atoms with Crippen LogP contribution in [-0.4, -0.2) is 80.8 Å². The van der Waals surface area contributed by atoms with Gasteiger partial charge in [0.1, 0.15) is 18.1 Å². The van der Waals surface area contributed by atoms with Crippen LogP contribution < -0.4 is 15.8 Å². The Morgan fingerprint density at radius 1 is 1.30 bits per heavy atom. The number of β-lactam (4-membered cyclic amide) rings is 1. The van der Waals surface area contributed by atoms with Gasteiger partial charge in [-0.05, 0) is 51.3 Å². The molecule has 0 spiro atoms. The van der Waals surface area contributed by atoms with Crippen LogP contribution in [0.1, 0.15) is 45.2 Å². The molecule has 0 bridgehead atoms. The van der Waals surface area contributed by atoms with Crippen LogP contribution in [0.2, 0.25) is 0 Å². The largest absolute Gasteiger partial charge is 0.489 e. The number of carboxylic acids is 1. The maximum Gasteiger partial charge on any atom is 0.418 e. The Labute approximate surface area is 258 Å². The number of Topliss-reactive ketones (excluding diaryl/α,β-unsaturated/α-hetero) is 1. The van der Waals surface area contributed by atoms with Crippen molar-refractivity contribution >= 4 is 76.9 Å². The molecule has 2 atom stereocenters. The summed E-state index contributed by atoms with van der Waals surface area (Å²) in [4.78, 5) is 51.6. The second kappa shape index (κ2) is 12.2. The van der Waals surface area contributed by atoms with Crippen LogP contribution in [0.15, 0.2) is 28.7 Å². The van der Waals surface area contributed by atoms with E-state index in [0.717, 1.165) is 39.5 Å². The van der Waals surface area contributed by atoms with E-state index in [0.29, 0.717) is 16.9 Å². The van der Waals surface area contributed by atoms with Gasteiger partial charge in [-0.3, -0.25) is 14.1 Å². The summed E-state index contributed by atoms with van der Waals surface area (Å²) in [5.41, 5.74) is 4.76. The molecule has 1 aliphatic carbocycles. The van der Waals surface area contributed by atoms with Crippen LogP contribution in [0.4, 0.5) is 10.3 Å². The van der Waals surface area contributed by atoms with Gasteiger partial charge in [0.25, 0.3) is 12.0 Å². The van der Waals surface area contributed by atoms with Crippen molar-refractivity contribution in [3.63, 3.8) is 0 Å². The van der Waals surface area contributed by atoms with E-state index in [-0.39, 0.29) is 10.8 Å². The Kier molecular flexibility index (Phi) is 8.76. The van der Waals surface area contributed by atoms with Crippen molar-refractivity contribution in [2.75, 3.05) is 17.7 Å². The number of hydroxylamine groups is 2. The first-order valence-electron chi connectivity index (χ1n) is 13.2. The molecular weight excluding hydrogens is 641 g/mol. The number of ketones is 1. The fraction of sp³-hybridized carbons (Fsp3) is 0.440. The predicted molar refractivity (Wildman–Crippen MR) is 159 cm³/mol. The van der Waals surface area contributed by atoms with Crippen LogP contribution in [0, 0.1) is 5.92 Å². The van der Waals surface area contributed by atoms with Gasteiger partial charge >= 0.3 is 16.4 Å². The summed E-state index contributed by atoms with van der Waals surface area (Å²) >= 11 is 2.45. The van der Waals surface area contributed by atoms with Crippen molar-refractivity contribution in [3.05, 3.63) is 29.3 Å². The lowest BCUT2D eigenvalue weighted by atomic mass is 9.74. The molecule has 2 aliphatic rings. The highest BCUT2D eigenvalue weighted by atomic mass is 32.3. The van der Waals surface area contributed by atoms with E-state index in [1.54, 1.807) is 18.2 Å². The number of ether oxygens (including phenoxy) is 1. The molecule has 2 aromatic heterocycles. The second-order valence-electron chi connectivity index (χ2n) is 10.6. The van der Waals surface area contributed by atoms with Gasteiger partial charge in [0, 0.05) is 17.8 Å². The molecule has 5 rings (SSSR count). The Hall–Kier alpha value is -3.91. The Morgan fingerprint density at radius 3 is 2.64 bits per heavy atom. The number of aliphatic carboxylic acids is 1. The molecule has 1 aliphatic heterocycles. The van der Waals surface area contributed by atoms with Gasteiger partial charge in [-0.2, -0.15) is 13.5 Å². The maximum atomic E-state index is 13.3. The van der Waals surface area contributed by atoms with E-state index < -0.39 is 64.4 Å². The SMILES string of the molecule is CC1(C)[C@H](CC(=O)/C(=N\O[C@@H](COc2ccc3nc(NC4CCC4)sc3c2)C(=O)O)c2csc(N)n2)C(=O)N1OS(=O)(=O)O. The van der Waals surface area contributed by atoms with Crippen molar-refractivity contribution in [1.29, 1.82) is 0 Å². The lowest BCUT2D eigenvalue weighted by molar-refractivity contribution is -0.228. The van der Waals surface area contributed by atoms with E-state index >= 15 is 0 Å². The molecule has 1 saturated carbocycles. The van der Waals surface area contributed by atoms with Crippen LogP contribution >= 0.6 is 22.7 Å². The summed E-state index contributed by atoms with van der Waals surface area (Å²) in [7, 11) is -4.98. The zero-order valence-electron chi connectivity index (χ0n) is 23.3. The number of hydrogen-bond donors (Lipinski definition) is 4. The Bertz CT molecular complexity index is 1730. The molecule has 3 aromatic rings. The number of nitrogens with one attached hydrogen (secondary N) is 1. The molecule has 1 amide bonds. The minimum atomic E-state index is -4.98. The summed E-state index contributed by atoms with van der Waals surface area (Å²) < 4.78 is 42.0. The van der Waals surface area contributed by atoms with Crippen molar-refractivity contribution in [2.24, 2.45) is 11.1 Å². The van der Waals surface area contributed by atoms with E-state index in [1.165, 1.54) is 37.0 Å². The number of oxime groups is 1. The minimum absolute atomic E-state index is 0.0138. The number of rotatable bonds is 14. The maximum absolute atomic E-state index is 13.3. The molecule has 5 N–H and O–H groups in total. The van der Waals surface area contributed by atoms with E-state index in [2.05, 4.69) is 24.7 Å². The summed E-state index contributed by atoms with van der Waals surface area (Å²) in [6, 6.07) is 5.57. The smallest absolute Gasteiger partial charge is 0.418 e. The molecule has 2 fully saturated rings. The molecule has 1 aromatic carbocycles. The number of anilines is 2. The first-order chi connectivity index (χ1) is 20.7. The van der Waals surface area contributed by atoms with Crippen LogP contribution in [0.5, 0.6) is 5.75 Å². The third kappa shape index (κ3) is 6.91. The number of nitrogen functional groups attached to an aromatic ring is 1. The highest BCUT2D eigenvalue weighted by Crippen LogP contribution is 2.41. The number of nitrogens with two attached hydrogens (primary N) is 1. The third-order valence-corrected chi connectivity index (χ3v) is 9.16. The fourth-order valence-electron chi connectivity index (χ4n) is 4.50. The number of amides is 1. The number of nitrogens with zero attached hydrogens (tertiary/aromatic N) is 4. The van der Waals surface area contributed by atoms with E-state index in [4.69, 9.17) is 19.9 Å². The van der Waals surface area contributed by atoms with Crippen molar-refractivity contribution in [1.82, 2.24) is 15.0 Å². The van der Waals surface area contributed by atoms with Gasteiger partial charge in [-0.1, -0.05) is 16.5 Å². The zero-order chi connectivity index (χ0) is 31.8. The number of benzene rings is 1. The van der Waals surface area contributed by atoms with Gasteiger partial charge in [-0.15, -0.1) is 15.6 Å². The topological polar surface area (TPSA) is 233 Å². The van der Waals surface area contributed by atoms with E-state index in [9.17, 15) is 27.9 Å². The molecule has 0 radical (unpaired) electrons. The predicted octanol–water partition coefficient (Wildman–Crippen LogP) is 2.48. The van der Waals surface area contributed by atoms with Crippen molar-refractivity contribution in [2.45, 2.75) is 57.2 Å². The minimum Gasteiger partial charge on any atom is -0.489 e. The normalized spacial score (nSPS) is 19.2. The summed E-state index contributed by atoms with van der Waals surface area (Å²) in [6.07, 6.45) is 1.28. The third-order valence-electron chi connectivity index (χ3n) is 7.20. The fourth-order valence-corrected chi connectivity index (χ4v) is 6.48. The number of aromatic nitrogens is 2. The molecule has 16 nitrogen and oxygen atoms in total. The Balaban J connectivity index is 1.27. The average Bonchev–Trinajstić information content (AvgIpc) is 3.54. The second-order valence-corrected chi connectivity index (χ2v) is 13.6. The molecule has 44 heavy (non-hydrogen) atoms. The van der Waals surface area contributed by atoms with Gasteiger partial charge in [0.2, 0.25) is 0 Å². The summed E-state index contributed by atoms with van der Waals surface area (Å²) in [5.74, 6) is -3.75. The van der Waals surface area contributed by atoms with Crippen molar-refractivity contribution < 1.29 is 46.3 Å². The monoisotopic (exact) mass is 668 g/mol. The first-order valence-corrected chi connectivity index (χ1v) is 16.3. The van der Waals surface area contributed by atoms with Crippen LogP contribution in [-0.2, 0) is 33.9 Å². The van der Waals surface area contributed by atoms with Gasteiger partial charge in [0.15, 0.2) is 21.8 Å². The highest BCUT2D eigenvalue weighted by molar-refractivity contribution is 7.80. The molecule has 236 valence electrons. The number of carbonyl (C=O) groups is 3. The number of thiazole rings is 2. The van der Waals surface area contributed by atoms with E-state index in [1.807, 2.05) is 0 Å². The number of carboxylic acid groups (broad SMARTS) is 1. The summed E-state index contributed by atoms with van der Waals surface area (Å²) in [5, 5.41) is 19.7. The molecule has 3 heterocycles. The number of carbonyl (C=O) groups excluding carboxylic acids is 2. The van der Waals surface area contributed by atoms with Crippen LogP contribution in [0.25, 0.3) is 10.2 Å².